The molecule has 1 amide bonds. The van der Waals surface area contributed by atoms with E-state index >= 15 is 0 Å². The number of carbonyl (C=O) groups is 1. The molecular weight excluding hydrogens is 452 g/mol. The number of amides is 1. The fraction of sp³-hybridized carbons (Fsp3) is 0.393. The van der Waals surface area contributed by atoms with Gasteiger partial charge in [-0.15, -0.1) is 6.42 Å². The van der Waals surface area contributed by atoms with E-state index in [1.54, 1.807) is 6.33 Å². The maximum atomic E-state index is 11.7. The second kappa shape index (κ2) is 10.4. The van der Waals surface area contributed by atoms with Crippen molar-refractivity contribution < 1.29 is 9.53 Å². The molecule has 0 atom stereocenters. The Balaban J connectivity index is 1.22. The molecule has 2 saturated heterocycles. The fourth-order valence-corrected chi connectivity index (χ4v) is 5.15. The predicted octanol–water partition coefficient (Wildman–Crippen LogP) is 3.77. The largest absolute Gasteiger partial charge is 0.491 e. The standard InChI is InChI=1S/C28H32N6O2/c1-3-20-6-4-7-21(14-20)33-27-22-15-25(24(29-2)16-23(22)31-19-32-27)36-13-5-10-34-11-8-28(9-12-34)17-26(35)30-18-28/h1,4,6-7,14-16,19,29H,5,8-13,17-18H2,2H3,(H,30,35)(H,31,32,33). The summed E-state index contributed by atoms with van der Waals surface area (Å²) in [6, 6.07) is 11.7. The summed E-state index contributed by atoms with van der Waals surface area (Å²) in [5.41, 5.74) is 3.57. The van der Waals surface area contributed by atoms with Crippen LogP contribution in [0, 0.1) is 17.8 Å². The van der Waals surface area contributed by atoms with Crippen LogP contribution >= 0.6 is 0 Å². The third-order valence-corrected chi connectivity index (χ3v) is 7.29. The molecule has 0 unspecified atom stereocenters. The van der Waals surface area contributed by atoms with Crippen molar-refractivity contribution in [1.82, 2.24) is 20.2 Å². The molecule has 1 spiro atoms. The summed E-state index contributed by atoms with van der Waals surface area (Å²) in [4.78, 5) is 23.0. The minimum atomic E-state index is 0.187. The molecule has 0 aliphatic carbocycles. The van der Waals surface area contributed by atoms with Crippen molar-refractivity contribution in [3.05, 3.63) is 48.3 Å². The van der Waals surface area contributed by atoms with Gasteiger partial charge in [-0.1, -0.05) is 12.0 Å². The quantitative estimate of drug-likeness (QED) is 0.331. The van der Waals surface area contributed by atoms with Gasteiger partial charge in [0.25, 0.3) is 0 Å². The first-order valence-electron chi connectivity index (χ1n) is 12.5. The second-order valence-electron chi connectivity index (χ2n) is 9.69. The number of rotatable bonds is 8. The van der Waals surface area contributed by atoms with Crippen molar-refractivity contribution in [1.29, 1.82) is 0 Å². The van der Waals surface area contributed by atoms with E-state index in [0.717, 1.165) is 79.0 Å². The highest BCUT2D eigenvalue weighted by atomic mass is 16.5. The first kappa shape index (κ1) is 23.9. The number of ether oxygens (including phenoxy) is 1. The maximum absolute atomic E-state index is 11.7. The number of aromatic nitrogens is 2. The van der Waals surface area contributed by atoms with Crippen molar-refractivity contribution in [3.8, 4) is 18.1 Å². The summed E-state index contributed by atoms with van der Waals surface area (Å²) in [5, 5.41) is 10.5. The van der Waals surface area contributed by atoms with E-state index in [1.807, 2.05) is 43.4 Å². The second-order valence-corrected chi connectivity index (χ2v) is 9.69. The lowest BCUT2D eigenvalue weighted by atomic mass is 9.77. The van der Waals surface area contributed by atoms with Gasteiger partial charge in [0, 0.05) is 43.2 Å². The van der Waals surface area contributed by atoms with Gasteiger partial charge in [-0.25, -0.2) is 9.97 Å². The van der Waals surface area contributed by atoms with Crippen LogP contribution in [0.2, 0.25) is 0 Å². The highest BCUT2D eigenvalue weighted by molar-refractivity contribution is 5.94. The van der Waals surface area contributed by atoms with Gasteiger partial charge in [0.05, 0.1) is 17.8 Å². The van der Waals surface area contributed by atoms with Gasteiger partial charge in [0.15, 0.2) is 0 Å². The van der Waals surface area contributed by atoms with E-state index in [2.05, 4.69) is 36.7 Å². The number of carbonyl (C=O) groups excluding carboxylic acids is 1. The molecule has 2 aromatic carbocycles. The Hall–Kier alpha value is -3.83. The Labute approximate surface area is 211 Å². The number of terminal acetylenes is 1. The third-order valence-electron chi connectivity index (χ3n) is 7.29. The van der Waals surface area contributed by atoms with Crippen LogP contribution in [-0.2, 0) is 4.79 Å². The number of nitrogens with zero attached hydrogens (tertiary/aromatic N) is 3. The van der Waals surface area contributed by atoms with E-state index in [0.29, 0.717) is 18.8 Å². The van der Waals surface area contributed by atoms with Crippen LogP contribution in [0.3, 0.4) is 0 Å². The summed E-state index contributed by atoms with van der Waals surface area (Å²) in [5.74, 6) is 4.34. The summed E-state index contributed by atoms with van der Waals surface area (Å²) in [6.07, 6.45) is 10.9. The zero-order valence-corrected chi connectivity index (χ0v) is 20.6. The monoisotopic (exact) mass is 484 g/mol. The van der Waals surface area contributed by atoms with E-state index in [1.165, 1.54) is 0 Å². The lowest BCUT2D eigenvalue weighted by Gasteiger charge is -2.38. The number of hydrogen-bond acceptors (Lipinski definition) is 7. The molecule has 5 rings (SSSR count). The zero-order chi connectivity index (χ0) is 25.0. The first-order chi connectivity index (χ1) is 17.6. The van der Waals surface area contributed by atoms with Crippen molar-refractivity contribution in [2.45, 2.75) is 25.7 Å². The molecule has 186 valence electrons. The maximum Gasteiger partial charge on any atom is 0.220 e. The van der Waals surface area contributed by atoms with Crippen LogP contribution in [0.15, 0.2) is 42.7 Å². The molecule has 2 aliphatic rings. The minimum Gasteiger partial charge on any atom is -0.491 e. The smallest absolute Gasteiger partial charge is 0.220 e. The molecule has 8 heteroatoms. The predicted molar refractivity (Wildman–Crippen MR) is 143 cm³/mol. The average molecular weight is 485 g/mol. The van der Waals surface area contributed by atoms with Gasteiger partial charge < -0.3 is 25.6 Å². The van der Waals surface area contributed by atoms with Crippen molar-refractivity contribution >= 4 is 34.0 Å². The van der Waals surface area contributed by atoms with Gasteiger partial charge in [-0.3, -0.25) is 4.79 Å². The Kier molecular flexibility index (Phi) is 6.92. The van der Waals surface area contributed by atoms with Crippen molar-refractivity contribution in [3.63, 3.8) is 0 Å². The summed E-state index contributed by atoms with van der Waals surface area (Å²) in [7, 11) is 1.88. The van der Waals surface area contributed by atoms with E-state index in [-0.39, 0.29) is 11.3 Å². The Morgan fingerprint density at radius 3 is 2.83 bits per heavy atom. The van der Waals surface area contributed by atoms with Crippen molar-refractivity contribution in [2.24, 2.45) is 5.41 Å². The Morgan fingerprint density at radius 2 is 2.08 bits per heavy atom. The SMILES string of the molecule is C#Cc1cccc(Nc2ncnc3cc(NC)c(OCCCN4CCC5(CC4)CNC(=O)C5)cc23)c1. The van der Waals surface area contributed by atoms with Crippen LogP contribution in [0.1, 0.15) is 31.2 Å². The van der Waals surface area contributed by atoms with Crippen LogP contribution < -0.4 is 20.7 Å². The summed E-state index contributed by atoms with van der Waals surface area (Å²) in [6.45, 7) is 4.53. The third kappa shape index (κ3) is 5.21. The molecule has 3 aromatic rings. The lowest BCUT2D eigenvalue weighted by molar-refractivity contribution is -0.119. The summed E-state index contributed by atoms with van der Waals surface area (Å²) >= 11 is 0. The highest BCUT2D eigenvalue weighted by Crippen LogP contribution is 2.37. The van der Waals surface area contributed by atoms with E-state index in [9.17, 15) is 4.79 Å². The lowest BCUT2D eigenvalue weighted by Crippen LogP contribution is -2.41. The van der Waals surface area contributed by atoms with Crippen LogP contribution in [0.5, 0.6) is 5.75 Å². The first-order valence-corrected chi connectivity index (χ1v) is 12.5. The number of likely N-dealkylation sites (tertiary alicyclic amines) is 1. The summed E-state index contributed by atoms with van der Waals surface area (Å²) < 4.78 is 6.22. The minimum absolute atomic E-state index is 0.187. The van der Waals surface area contributed by atoms with Crippen LogP contribution in [0.25, 0.3) is 10.9 Å². The van der Waals surface area contributed by atoms with Crippen LogP contribution in [0.4, 0.5) is 17.2 Å². The topological polar surface area (TPSA) is 91.4 Å². The number of hydrogen-bond donors (Lipinski definition) is 3. The van der Waals surface area contributed by atoms with Crippen molar-refractivity contribution in [2.75, 3.05) is 50.5 Å². The number of fused-ring (bicyclic) bond motifs is 1. The molecule has 2 aliphatic heterocycles. The molecular formula is C28H32N6O2. The Bertz CT molecular complexity index is 1290. The molecule has 3 heterocycles. The highest BCUT2D eigenvalue weighted by Gasteiger charge is 2.40. The number of anilines is 3. The normalized spacial score (nSPS) is 17.1. The van der Waals surface area contributed by atoms with Gasteiger partial charge in [-0.2, -0.15) is 0 Å². The number of piperidine rings is 1. The molecule has 3 N–H and O–H groups in total. The van der Waals surface area contributed by atoms with Gasteiger partial charge in [0.2, 0.25) is 5.91 Å². The van der Waals surface area contributed by atoms with E-state index in [4.69, 9.17) is 11.2 Å². The fourth-order valence-electron chi connectivity index (χ4n) is 5.15. The molecule has 1 aromatic heterocycles. The molecule has 0 bridgehead atoms. The van der Waals surface area contributed by atoms with Gasteiger partial charge in [-0.05, 0) is 68.1 Å². The molecule has 36 heavy (non-hydrogen) atoms. The Morgan fingerprint density at radius 1 is 1.22 bits per heavy atom. The zero-order valence-electron chi connectivity index (χ0n) is 20.6. The number of nitrogens with one attached hydrogen (secondary N) is 3. The average Bonchev–Trinajstić information content (AvgIpc) is 3.27. The van der Waals surface area contributed by atoms with Crippen LogP contribution in [-0.4, -0.2) is 60.6 Å². The molecule has 0 saturated carbocycles. The van der Waals surface area contributed by atoms with E-state index < -0.39 is 0 Å². The molecule has 0 radical (unpaired) electrons. The van der Waals surface area contributed by atoms with Gasteiger partial charge in [0.1, 0.15) is 17.9 Å². The molecule has 2 fully saturated rings. The van der Waals surface area contributed by atoms with Gasteiger partial charge >= 0.3 is 0 Å². The number of benzene rings is 2. The molecule has 8 nitrogen and oxygen atoms in total.